The van der Waals surface area contributed by atoms with Crippen LogP contribution in [0.4, 0.5) is 14.5 Å². The van der Waals surface area contributed by atoms with Crippen molar-refractivity contribution >= 4 is 34.4 Å². The third-order valence-corrected chi connectivity index (χ3v) is 5.55. The highest BCUT2D eigenvalue weighted by Gasteiger charge is 2.17. The number of aromatic nitrogens is 4. The van der Waals surface area contributed by atoms with Crippen molar-refractivity contribution in [3.8, 4) is 5.69 Å². The van der Waals surface area contributed by atoms with E-state index in [1.807, 2.05) is 32.0 Å². The van der Waals surface area contributed by atoms with Crippen molar-refractivity contribution in [3.63, 3.8) is 0 Å². The molecule has 2 aromatic carbocycles. The van der Waals surface area contributed by atoms with Crippen LogP contribution in [-0.2, 0) is 4.79 Å². The lowest BCUT2D eigenvalue weighted by molar-refractivity contribution is -0.113. The zero-order valence-corrected chi connectivity index (χ0v) is 17.4. The van der Waals surface area contributed by atoms with E-state index in [-0.39, 0.29) is 33.5 Å². The Kier molecular flexibility index (Phi) is 5.55. The van der Waals surface area contributed by atoms with Crippen LogP contribution in [0.25, 0.3) is 16.7 Å². The van der Waals surface area contributed by atoms with Gasteiger partial charge in [-0.2, -0.15) is 5.10 Å². The molecule has 4 rings (SSSR count). The van der Waals surface area contributed by atoms with Gasteiger partial charge in [0, 0.05) is 11.8 Å². The van der Waals surface area contributed by atoms with Crippen molar-refractivity contribution in [3.05, 3.63) is 75.7 Å². The molecule has 0 bridgehead atoms. The lowest BCUT2D eigenvalue weighted by Crippen LogP contribution is -2.23. The van der Waals surface area contributed by atoms with Crippen LogP contribution in [0.3, 0.4) is 0 Å². The Labute approximate surface area is 179 Å². The van der Waals surface area contributed by atoms with Gasteiger partial charge in [0.15, 0.2) is 22.4 Å². The first-order valence-corrected chi connectivity index (χ1v) is 10.2. The Bertz CT molecular complexity index is 1370. The van der Waals surface area contributed by atoms with Gasteiger partial charge in [0.05, 0.1) is 17.6 Å². The second-order valence-corrected chi connectivity index (χ2v) is 7.86. The first-order valence-electron chi connectivity index (χ1n) is 9.25. The van der Waals surface area contributed by atoms with Gasteiger partial charge in [0.25, 0.3) is 5.56 Å². The fraction of sp³-hybridized carbons (Fsp3) is 0.143. The van der Waals surface area contributed by atoms with E-state index in [9.17, 15) is 18.4 Å². The largest absolute Gasteiger partial charge is 0.325 e. The van der Waals surface area contributed by atoms with Crippen LogP contribution in [0.1, 0.15) is 11.1 Å². The number of rotatable bonds is 5. The molecule has 158 valence electrons. The van der Waals surface area contributed by atoms with E-state index in [2.05, 4.69) is 20.5 Å². The van der Waals surface area contributed by atoms with E-state index in [0.717, 1.165) is 39.6 Å². The summed E-state index contributed by atoms with van der Waals surface area (Å²) in [7, 11) is 0. The molecule has 0 saturated carbocycles. The van der Waals surface area contributed by atoms with Gasteiger partial charge in [-0.3, -0.25) is 19.3 Å². The number of nitrogens with zero attached hydrogens (tertiary/aromatic N) is 3. The normalized spacial score (nSPS) is 11.1. The summed E-state index contributed by atoms with van der Waals surface area (Å²) in [5.41, 5.74) is 2.44. The van der Waals surface area contributed by atoms with Crippen LogP contribution in [0.5, 0.6) is 0 Å². The molecule has 10 heteroatoms. The van der Waals surface area contributed by atoms with E-state index < -0.39 is 17.2 Å². The van der Waals surface area contributed by atoms with Gasteiger partial charge in [0.2, 0.25) is 5.91 Å². The summed E-state index contributed by atoms with van der Waals surface area (Å²) in [5.74, 6) is -2.48. The molecule has 7 nitrogen and oxygen atoms in total. The Morgan fingerprint density at radius 3 is 2.74 bits per heavy atom. The topological polar surface area (TPSA) is 92.7 Å². The minimum atomic E-state index is -1.10. The number of nitrogens with one attached hydrogen (secondary N) is 2. The zero-order chi connectivity index (χ0) is 22.1. The fourth-order valence-corrected chi connectivity index (χ4v) is 3.82. The summed E-state index contributed by atoms with van der Waals surface area (Å²) in [6.07, 6.45) is 1.31. The molecule has 0 radical (unpaired) electrons. The number of hydrogen-bond acceptors (Lipinski definition) is 5. The highest BCUT2D eigenvalue weighted by Crippen LogP contribution is 2.23. The number of carbonyl (C=O) groups is 1. The Hall–Kier alpha value is -3.53. The van der Waals surface area contributed by atoms with Crippen molar-refractivity contribution in [2.24, 2.45) is 0 Å². The van der Waals surface area contributed by atoms with E-state index in [0.29, 0.717) is 5.69 Å². The third kappa shape index (κ3) is 4.19. The predicted molar refractivity (Wildman–Crippen MR) is 115 cm³/mol. The summed E-state index contributed by atoms with van der Waals surface area (Å²) < 4.78 is 28.3. The van der Waals surface area contributed by atoms with Crippen molar-refractivity contribution in [2.45, 2.75) is 19.0 Å². The van der Waals surface area contributed by atoms with Gasteiger partial charge in [-0.05, 0) is 43.2 Å². The zero-order valence-electron chi connectivity index (χ0n) is 16.6. The monoisotopic (exact) mass is 441 g/mol. The number of thioether (sulfide) groups is 1. The molecule has 2 aromatic heterocycles. The molecular formula is C21H17F2N5O2S. The number of aromatic amines is 1. The van der Waals surface area contributed by atoms with E-state index in [1.165, 1.54) is 12.3 Å². The lowest BCUT2D eigenvalue weighted by Gasteiger charge is -2.13. The number of amides is 1. The highest BCUT2D eigenvalue weighted by atomic mass is 32.2. The average Bonchev–Trinajstić information content (AvgIpc) is 3.20. The number of fused-ring (bicyclic) bond motifs is 1. The summed E-state index contributed by atoms with van der Waals surface area (Å²) >= 11 is 0.998. The van der Waals surface area contributed by atoms with E-state index in [1.54, 1.807) is 0 Å². The van der Waals surface area contributed by atoms with Crippen LogP contribution >= 0.6 is 11.8 Å². The maximum absolute atomic E-state index is 13.8. The van der Waals surface area contributed by atoms with Gasteiger partial charge in [-0.1, -0.05) is 23.9 Å². The van der Waals surface area contributed by atoms with Crippen molar-refractivity contribution in [2.75, 3.05) is 11.1 Å². The SMILES string of the molecule is Cc1ccc(C)c(NC(=O)CSc2nc3[nH]ncc3c(=O)n2-c2ccc(F)c(F)c2)c1. The quantitative estimate of drug-likeness (QED) is 0.364. The minimum absolute atomic E-state index is 0.0524. The van der Waals surface area contributed by atoms with Crippen LogP contribution in [-0.4, -0.2) is 31.4 Å². The predicted octanol–water partition coefficient (Wildman–Crippen LogP) is 3.73. The Morgan fingerprint density at radius 1 is 1.16 bits per heavy atom. The molecule has 1 amide bonds. The molecule has 0 atom stereocenters. The third-order valence-electron chi connectivity index (χ3n) is 4.61. The molecule has 0 aliphatic rings. The fourth-order valence-electron chi connectivity index (χ4n) is 3.01. The Morgan fingerprint density at radius 2 is 1.97 bits per heavy atom. The average molecular weight is 441 g/mol. The molecular weight excluding hydrogens is 424 g/mol. The first kappa shape index (κ1) is 20.7. The molecule has 0 unspecified atom stereocenters. The van der Waals surface area contributed by atoms with Crippen LogP contribution in [0.15, 0.2) is 52.5 Å². The van der Waals surface area contributed by atoms with Crippen molar-refractivity contribution in [1.82, 2.24) is 19.7 Å². The summed E-state index contributed by atoms with van der Waals surface area (Å²) in [6.45, 7) is 3.81. The molecule has 0 aliphatic carbocycles. The van der Waals surface area contributed by atoms with Crippen molar-refractivity contribution < 1.29 is 13.6 Å². The summed E-state index contributed by atoms with van der Waals surface area (Å²) in [6, 6.07) is 8.83. The highest BCUT2D eigenvalue weighted by molar-refractivity contribution is 7.99. The maximum atomic E-state index is 13.8. The van der Waals surface area contributed by atoms with Crippen LogP contribution < -0.4 is 10.9 Å². The molecule has 0 spiro atoms. The smallest absolute Gasteiger partial charge is 0.269 e. The minimum Gasteiger partial charge on any atom is -0.325 e. The summed E-state index contributed by atoms with van der Waals surface area (Å²) in [5, 5.41) is 9.60. The second-order valence-electron chi connectivity index (χ2n) is 6.92. The number of aryl methyl sites for hydroxylation is 2. The van der Waals surface area contributed by atoms with Crippen LogP contribution in [0.2, 0.25) is 0 Å². The molecule has 4 aromatic rings. The number of anilines is 1. The Balaban J connectivity index is 1.66. The van der Waals surface area contributed by atoms with E-state index in [4.69, 9.17) is 0 Å². The molecule has 2 N–H and O–H groups in total. The number of H-pyrrole nitrogens is 1. The second kappa shape index (κ2) is 8.31. The van der Waals surface area contributed by atoms with Gasteiger partial charge in [0.1, 0.15) is 5.39 Å². The number of hydrogen-bond donors (Lipinski definition) is 2. The van der Waals surface area contributed by atoms with Crippen LogP contribution in [0, 0.1) is 25.5 Å². The van der Waals surface area contributed by atoms with Gasteiger partial charge < -0.3 is 5.32 Å². The number of halogens is 2. The van der Waals surface area contributed by atoms with Gasteiger partial charge in [-0.25, -0.2) is 13.8 Å². The first-order chi connectivity index (χ1) is 14.8. The molecule has 0 aliphatic heterocycles. The summed E-state index contributed by atoms with van der Waals surface area (Å²) in [4.78, 5) is 29.8. The van der Waals surface area contributed by atoms with Gasteiger partial charge >= 0.3 is 0 Å². The number of benzene rings is 2. The number of carbonyl (C=O) groups excluding carboxylic acids is 1. The molecule has 31 heavy (non-hydrogen) atoms. The maximum Gasteiger partial charge on any atom is 0.269 e. The standard InChI is InChI=1S/C21H17F2N5O2S/c1-11-3-4-12(2)17(7-11)25-18(29)10-31-21-26-19-14(9-24-27-19)20(30)28(21)13-5-6-15(22)16(23)8-13/h3-9H,10H2,1-2H3,(H,24,27)(H,25,29). The van der Waals surface area contributed by atoms with E-state index >= 15 is 0 Å². The molecule has 2 heterocycles. The molecule has 0 saturated heterocycles. The molecule has 0 fully saturated rings. The lowest BCUT2D eigenvalue weighted by atomic mass is 10.1. The van der Waals surface area contributed by atoms with Crippen molar-refractivity contribution in [1.29, 1.82) is 0 Å². The van der Waals surface area contributed by atoms with Gasteiger partial charge in [-0.15, -0.1) is 0 Å².